The summed E-state index contributed by atoms with van der Waals surface area (Å²) in [6.07, 6.45) is 7.87. The number of pyridine rings is 1. The number of carbonyl (C=O) groups is 1. The highest BCUT2D eigenvalue weighted by Crippen LogP contribution is 2.32. The minimum absolute atomic E-state index is 0.0586. The summed E-state index contributed by atoms with van der Waals surface area (Å²) in [5.41, 5.74) is 3.34. The molecule has 0 spiro atoms. The zero-order chi connectivity index (χ0) is 25.5. The van der Waals surface area contributed by atoms with Crippen LogP contribution in [0.4, 0.5) is 11.6 Å². The summed E-state index contributed by atoms with van der Waals surface area (Å²) in [6, 6.07) is 8.46. The van der Waals surface area contributed by atoms with E-state index in [-0.39, 0.29) is 22.9 Å². The van der Waals surface area contributed by atoms with E-state index >= 15 is 0 Å². The lowest BCUT2D eigenvalue weighted by Crippen LogP contribution is -2.43. The number of benzene rings is 1. The molecule has 4 aromatic rings. The summed E-state index contributed by atoms with van der Waals surface area (Å²) >= 11 is 0. The van der Waals surface area contributed by atoms with Gasteiger partial charge in [-0.2, -0.15) is 4.98 Å². The van der Waals surface area contributed by atoms with Gasteiger partial charge in [-0.25, -0.2) is 4.98 Å². The maximum absolute atomic E-state index is 13.4. The molecule has 1 saturated carbocycles. The van der Waals surface area contributed by atoms with Gasteiger partial charge in [-0.3, -0.25) is 19.1 Å². The van der Waals surface area contributed by atoms with Gasteiger partial charge in [-0.15, -0.1) is 0 Å². The van der Waals surface area contributed by atoms with Crippen LogP contribution in [-0.2, 0) is 6.67 Å². The zero-order valence-corrected chi connectivity index (χ0v) is 21.5. The van der Waals surface area contributed by atoms with Gasteiger partial charge in [0, 0.05) is 66.6 Å². The average Bonchev–Trinajstić information content (AvgIpc) is 3.55. The van der Waals surface area contributed by atoms with Gasteiger partial charge in [0.2, 0.25) is 5.95 Å². The second-order valence-corrected chi connectivity index (χ2v) is 10.3. The van der Waals surface area contributed by atoms with E-state index in [9.17, 15) is 9.59 Å². The minimum atomic E-state index is -0.235. The summed E-state index contributed by atoms with van der Waals surface area (Å²) in [4.78, 5) is 37.6. The van der Waals surface area contributed by atoms with Crippen molar-refractivity contribution < 1.29 is 4.79 Å². The minimum Gasteiger partial charge on any atom is -0.334 e. The first kappa shape index (κ1) is 23.8. The summed E-state index contributed by atoms with van der Waals surface area (Å²) in [7, 11) is 0. The second kappa shape index (κ2) is 9.72. The van der Waals surface area contributed by atoms with Crippen LogP contribution in [0.15, 0.2) is 41.5 Å². The Morgan fingerprint density at radius 2 is 1.95 bits per heavy atom. The van der Waals surface area contributed by atoms with E-state index in [1.807, 2.05) is 13.0 Å². The summed E-state index contributed by atoms with van der Waals surface area (Å²) in [6.45, 7) is 8.32. The molecule has 1 saturated heterocycles. The van der Waals surface area contributed by atoms with Crippen LogP contribution in [0.1, 0.15) is 54.6 Å². The SMILES string of the molecule is CC(=O)c1c(C)c2cnc(Nc3ccc4c(ccn4CN4CCNCC4)c3)nc2n(C2CCCC2)c1=O. The first-order valence-electron chi connectivity index (χ1n) is 13.2. The summed E-state index contributed by atoms with van der Waals surface area (Å²) in [5.74, 6) is 0.226. The molecular weight excluding hydrogens is 466 g/mol. The Morgan fingerprint density at radius 1 is 1.16 bits per heavy atom. The van der Waals surface area contributed by atoms with Gasteiger partial charge in [0.1, 0.15) is 5.65 Å². The van der Waals surface area contributed by atoms with Crippen molar-refractivity contribution in [1.82, 2.24) is 29.3 Å². The Balaban J connectivity index is 1.34. The number of carbonyl (C=O) groups excluding carboxylic acids is 1. The summed E-state index contributed by atoms with van der Waals surface area (Å²) in [5, 5.41) is 8.64. The first-order valence-corrected chi connectivity index (χ1v) is 13.2. The molecule has 9 nitrogen and oxygen atoms in total. The smallest absolute Gasteiger partial charge is 0.263 e. The molecule has 2 fully saturated rings. The molecule has 37 heavy (non-hydrogen) atoms. The number of hydrogen-bond acceptors (Lipinski definition) is 7. The Morgan fingerprint density at radius 3 is 2.70 bits per heavy atom. The van der Waals surface area contributed by atoms with Crippen LogP contribution >= 0.6 is 0 Å². The van der Waals surface area contributed by atoms with Crippen molar-refractivity contribution in [1.29, 1.82) is 0 Å². The molecule has 2 N–H and O–H groups in total. The van der Waals surface area contributed by atoms with Crippen LogP contribution in [0.2, 0.25) is 0 Å². The number of hydrogen-bond donors (Lipinski definition) is 2. The molecule has 0 radical (unpaired) electrons. The third kappa shape index (κ3) is 4.42. The standard InChI is InChI=1S/C28H33N7O2/c1-18-23-16-30-28(32-26(23)35(22-5-3-4-6-22)27(37)25(18)19(2)36)31-21-7-8-24-20(15-21)9-12-34(24)17-33-13-10-29-11-14-33/h7-9,12,15-16,22,29H,3-6,10-11,13-14,17H2,1-2H3,(H,30,31,32). The fourth-order valence-electron chi connectivity index (χ4n) is 5.91. The van der Waals surface area contributed by atoms with E-state index in [2.05, 4.69) is 49.5 Å². The van der Waals surface area contributed by atoms with Gasteiger partial charge < -0.3 is 15.2 Å². The van der Waals surface area contributed by atoms with Gasteiger partial charge >= 0.3 is 0 Å². The highest BCUT2D eigenvalue weighted by atomic mass is 16.1. The van der Waals surface area contributed by atoms with Gasteiger partial charge in [0.25, 0.3) is 5.56 Å². The molecular formula is C28H33N7O2. The molecule has 9 heteroatoms. The number of nitrogens with one attached hydrogen (secondary N) is 2. The summed E-state index contributed by atoms with van der Waals surface area (Å²) < 4.78 is 4.03. The number of Topliss-reactive ketones (excluding diaryl/α,β-unsaturated/α-hetero) is 1. The quantitative estimate of drug-likeness (QED) is 0.387. The van der Waals surface area contributed by atoms with Crippen LogP contribution < -0.4 is 16.2 Å². The van der Waals surface area contributed by atoms with Gasteiger partial charge in [0.15, 0.2) is 5.78 Å². The van der Waals surface area contributed by atoms with Gasteiger partial charge in [-0.05, 0) is 56.5 Å². The van der Waals surface area contributed by atoms with Crippen molar-refractivity contribution in [2.24, 2.45) is 0 Å². The lowest BCUT2D eigenvalue weighted by atomic mass is 10.0. The molecule has 3 aromatic heterocycles. The fraction of sp³-hybridized carbons (Fsp3) is 0.429. The number of nitrogens with zero attached hydrogens (tertiary/aromatic N) is 5. The Bertz CT molecular complexity index is 1540. The number of ketones is 1. The fourth-order valence-corrected chi connectivity index (χ4v) is 5.91. The molecule has 6 rings (SSSR count). The lowest BCUT2D eigenvalue weighted by Gasteiger charge is -2.27. The highest BCUT2D eigenvalue weighted by molar-refractivity contribution is 5.99. The van der Waals surface area contributed by atoms with Crippen LogP contribution in [0.3, 0.4) is 0 Å². The van der Waals surface area contributed by atoms with E-state index in [4.69, 9.17) is 4.98 Å². The van der Waals surface area contributed by atoms with E-state index in [0.29, 0.717) is 17.2 Å². The van der Waals surface area contributed by atoms with E-state index in [0.717, 1.165) is 75.0 Å². The normalized spacial score (nSPS) is 17.1. The predicted octanol–water partition coefficient (Wildman–Crippen LogP) is 3.98. The molecule has 2 aliphatic rings. The molecule has 192 valence electrons. The Labute approximate surface area is 215 Å². The molecule has 0 amide bonds. The Hall–Kier alpha value is -3.56. The van der Waals surface area contributed by atoms with Crippen LogP contribution in [0, 0.1) is 6.92 Å². The van der Waals surface area contributed by atoms with E-state index in [1.165, 1.54) is 12.4 Å². The number of aromatic nitrogens is 4. The molecule has 4 heterocycles. The van der Waals surface area contributed by atoms with Crippen LogP contribution in [0.25, 0.3) is 21.9 Å². The number of anilines is 2. The molecule has 0 atom stereocenters. The molecule has 1 aromatic carbocycles. The van der Waals surface area contributed by atoms with E-state index < -0.39 is 0 Å². The second-order valence-electron chi connectivity index (χ2n) is 10.3. The van der Waals surface area contributed by atoms with Gasteiger partial charge in [0.05, 0.1) is 12.2 Å². The third-order valence-electron chi connectivity index (χ3n) is 7.84. The average molecular weight is 500 g/mol. The zero-order valence-electron chi connectivity index (χ0n) is 21.5. The topological polar surface area (TPSA) is 97.1 Å². The maximum atomic E-state index is 13.4. The number of rotatable bonds is 6. The van der Waals surface area contributed by atoms with E-state index in [1.54, 1.807) is 10.8 Å². The number of piperazine rings is 1. The van der Waals surface area contributed by atoms with Crippen LogP contribution in [0.5, 0.6) is 0 Å². The molecule has 1 aliphatic heterocycles. The Kier molecular flexibility index (Phi) is 6.26. The van der Waals surface area contributed by atoms with Gasteiger partial charge in [-0.1, -0.05) is 12.8 Å². The van der Waals surface area contributed by atoms with Crippen molar-refractivity contribution in [3.8, 4) is 0 Å². The first-order chi connectivity index (χ1) is 18.0. The lowest BCUT2D eigenvalue weighted by molar-refractivity contribution is 0.101. The predicted molar refractivity (Wildman–Crippen MR) is 146 cm³/mol. The van der Waals surface area contributed by atoms with Crippen molar-refractivity contribution in [2.75, 3.05) is 31.5 Å². The van der Waals surface area contributed by atoms with Crippen molar-refractivity contribution in [2.45, 2.75) is 52.2 Å². The third-order valence-corrected chi connectivity index (χ3v) is 7.84. The molecule has 0 bridgehead atoms. The van der Waals surface area contributed by atoms with Crippen molar-refractivity contribution in [3.05, 3.63) is 58.1 Å². The maximum Gasteiger partial charge on any atom is 0.263 e. The highest BCUT2D eigenvalue weighted by Gasteiger charge is 2.26. The largest absolute Gasteiger partial charge is 0.334 e. The van der Waals surface area contributed by atoms with Crippen LogP contribution in [-0.4, -0.2) is 56.0 Å². The molecule has 1 aliphatic carbocycles. The van der Waals surface area contributed by atoms with Crippen molar-refractivity contribution in [3.63, 3.8) is 0 Å². The number of aryl methyl sites for hydroxylation is 1. The number of fused-ring (bicyclic) bond motifs is 2. The van der Waals surface area contributed by atoms with Crippen molar-refractivity contribution >= 4 is 39.4 Å². The monoisotopic (exact) mass is 499 g/mol. The molecule has 0 unspecified atom stereocenters.